The Hall–Kier alpha value is -0.940. The van der Waals surface area contributed by atoms with Crippen molar-refractivity contribution in [2.45, 2.75) is 27.2 Å². The number of nitrogens with one attached hydrogen (secondary N) is 1. The molecule has 3 N–H and O–H groups in total. The lowest BCUT2D eigenvalue weighted by Crippen LogP contribution is -2.32. The van der Waals surface area contributed by atoms with Crippen LogP contribution in [-0.2, 0) is 4.79 Å². The Morgan fingerprint density at radius 3 is 2.61 bits per heavy atom. The van der Waals surface area contributed by atoms with Gasteiger partial charge in [0, 0.05) is 6.54 Å². The van der Waals surface area contributed by atoms with Crippen LogP contribution in [-0.4, -0.2) is 17.4 Å². The van der Waals surface area contributed by atoms with Gasteiger partial charge in [-0.05, 0) is 39.9 Å². The van der Waals surface area contributed by atoms with Gasteiger partial charge < -0.3 is 11.1 Å². The van der Waals surface area contributed by atoms with Gasteiger partial charge in [0.2, 0.25) is 5.91 Å². The first kappa shape index (κ1) is 15.1. The van der Waals surface area contributed by atoms with Gasteiger partial charge >= 0.3 is 0 Å². The molecule has 1 heterocycles. The molecule has 1 aromatic heterocycles. The third-order valence-corrected chi connectivity index (χ3v) is 2.98. The number of hydrogen-bond donors (Lipinski definition) is 2. The van der Waals surface area contributed by atoms with Gasteiger partial charge in [0.05, 0.1) is 17.8 Å². The van der Waals surface area contributed by atoms with Crippen LogP contribution in [0.3, 0.4) is 0 Å². The highest BCUT2D eigenvalue weighted by Crippen LogP contribution is 2.24. The lowest BCUT2D eigenvalue weighted by Gasteiger charge is -2.24. The normalized spacial score (nSPS) is 13.2. The summed E-state index contributed by atoms with van der Waals surface area (Å²) < 4.78 is 0.741. The van der Waals surface area contributed by atoms with Crippen LogP contribution in [0.4, 0.5) is 5.69 Å². The minimum atomic E-state index is -0.173. The Bertz CT molecular complexity index is 398. The first-order chi connectivity index (χ1) is 8.31. The highest BCUT2D eigenvalue weighted by Gasteiger charge is 2.23. The van der Waals surface area contributed by atoms with Crippen LogP contribution in [0.2, 0.25) is 0 Å². The molecular weight excluding hydrogens is 294 g/mol. The molecule has 4 nitrogen and oxygen atoms in total. The van der Waals surface area contributed by atoms with Gasteiger partial charge in [-0.2, -0.15) is 0 Å². The molecule has 5 heteroatoms. The largest absolute Gasteiger partial charge is 0.330 e. The molecule has 1 aromatic rings. The van der Waals surface area contributed by atoms with Gasteiger partial charge in [-0.15, -0.1) is 0 Å². The number of aromatic nitrogens is 1. The zero-order chi connectivity index (χ0) is 13.8. The second-order valence-electron chi connectivity index (χ2n) is 5.56. The maximum absolute atomic E-state index is 12.1. The van der Waals surface area contributed by atoms with Gasteiger partial charge in [-0.1, -0.05) is 20.8 Å². The molecule has 100 valence electrons. The molecule has 0 saturated heterocycles. The highest BCUT2D eigenvalue weighted by molar-refractivity contribution is 9.10. The number of pyridine rings is 1. The van der Waals surface area contributed by atoms with Crippen molar-refractivity contribution < 1.29 is 4.79 Å². The zero-order valence-corrected chi connectivity index (χ0v) is 12.6. The monoisotopic (exact) mass is 313 g/mol. The second-order valence-corrected chi connectivity index (χ2v) is 6.37. The quantitative estimate of drug-likeness (QED) is 0.840. The topological polar surface area (TPSA) is 68.0 Å². The van der Waals surface area contributed by atoms with Gasteiger partial charge in [-0.3, -0.25) is 4.79 Å². The summed E-state index contributed by atoms with van der Waals surface area (Å²) in [5.41, 5.74) is 6.45. The minimum Gasteiger partial charge on any atom is -0.330 e. The lowest BCUT2D eigenvalue weighted by atomic mass is 9.84. The number of amides is 1. The van der Waals surface area contributed by atoms with E-state index in [-0.39, 0.29) is 17.2 Å². The zero-order valence-electron chi connectivity index (χ0n) is 11.0. The summed E-state index contributed by atoms with van der Waals surface area (Å²) >= 11 is 3.25. The van der Waals surface area contributed by atoms with Crippen LogP contribution < -0.4 is 11.1 Å². The summed E-state index contributed by atoms with van der Waals surface area (Å²) in [6.45, 7) is 6.66. The fourth-order valence-corrected chi connectivity index (χ4v) is 1.95. The van der Waals surface area contributed by atoms with E-state index >= 15 is 0 Å². The molecule has 0 saturated carbocycles. The summed E-state index contributed by atoms with van der Waals surface area (Å²) in [5, 5.41) is 2.84. The van der Waals surface area contributed by atoms with E-state index in [1.807, 2.05) is 0 Å². The van der Waals surface area contributed by atoms with Crippen LogP contribution in [0, 0.1) is 11.3 Å². The summed E-state index contributed by atoms with van der Waals surface area (Å²) in [5.74, 6) is -0.217. The smallest absolute Gasteiger partial charge is 0.228 e. The fourth-order valence-electron chi connectivity index (χ4n) is 1.72. The average molecular weight is 314 g/mol. The average Bonchev–Trinajstić information content (AvgIpc) is 2.27. The van der Waals surface area contributed by atoms with E-state index < -0.39 is 0 Å². The van der Waals surface area contributed by atoms with E-state index in [1.165, 1.54) is 0 Å². The van der Waals surface area contributed by atoms with Crippen LogP contribution >= 0.6 is 15.9 Å². The van der Waals surface area contributed by atoms with E-state index in [0.717, 1.165) is 11.0 Å². The van der Waals surface area contributed by atoms with Crippen molar-refractivity contribution in [2.75, 3.05) is 11.9 Å². The van der Waals surface area contributed by atoms with Crippen LogP contribution in [0.25, 0.3) is 0 Å². The van der Waals surface area contributed by atoms with Crippen LogP contribution in [0.1, 0.15) is 27.2 Å². The Morgan fingerprint density at radius 2 is 2.17 bits per heavy atom. The van der Waals surface area contributed by atoms with Crippen molar-refractivity contribution in [3.05, 3.63) is 22.9 Å². The second kappa shape index (κ2) is 6.29. The number of nitrogens with zero attached hydrogens (tertiary/aromatic N) is 1. The molecule has 0 fully saturated rings. The molecule has 0 aliphatic heterocycles. The number of anilines is 1. The molecule has 0 aliphatic rings. The van der Waals surface area contributed by atoms with Crippen LogP contribution in [0.15, 0.2) is 22.9 Å². The van der Waals surface area contributed by atoms with Gasteiger partial charge in [0.15, 0.2) is 0 Å². The predicted octanol–water partition coefficient (Wildman–Crippen LogP) is 2.79. The SMILES string of the molecule is CC(C)(C)CC(CN)C(=O)Nc1ccc(Br)nc1. The van der Waals surface area contributed by atoms with E-state index in [2.05, 4.69) is 47.0 Å². The van der Waals surface area contributed by atoms with E-state index in [9.17, 15) is 4.79 Å². The number of hydrogen-bond acceptors (Lipinski definition) is 3. The molecule has 1 atom stereocenters. The van der Waals surface area contributed by atoms with E-state index in [4.69, 9.17) is 5.73 Å². The summed E-state index contributed by atoms with van der Waals surface area (Å²) in [4.78, 5) is 16.1. The molecular formula is C13H20BrN3O. The number of nitrogens with two attached hydrogens (primary N) is 1. The number of carbonyl (C=O) groups is 1. The van der Waals surface area contributed by atoms with Crippen molar-refractivity contribution in [2.24, 2.45) is 17.1 Å². The summed E-state index contributed by atoms with van der Waals surface area (Å²) in [6, 6.07) is 3.59. The Balaban J connectivity index is 2.65. The molecule has 0 aliphatic carbocycles. The summed E-state index contributed by atoms with van der Waals surface area (Å²) in [6.07, 6.45) is 2.38. The molecule has 18 heavy (non-hydrogen) atoms. The molecule has 0 radical (unpaired) electrons. The molecule has 1 rings (SSSR count). The minimum absolute atomic E-state index is 0.0449. The van der Waals surface area contributed by atoms with E-state index in [0.29, 0.717) is 12.2 Å². The Morgan fingerprint density at radius 1 is 1.50 bits per heavy atom. The van der Waals surface area contributed by atoms with Gasteiger partial charge in [-0.25, -0.2) is 4.98 Å². The van der Waals surface area contributed by atoms with Crippen molar-refractivity contribution in [3.8, 4) is 0 Å². The first-order valence-electron chi connectivity index (χ1n) is 5.94. The Kier molecular flexibility index (Phi) is 5.28. The summed E-state index contributed by atoms with van der Waals surface area (Å²) in [7, 11) is 0. The number of rotatable bonds is 4. The Labute approximate surface area is 116 Å². The molecule has 0 aromatic carbocycles. The van der Waals surface area contributed by atoms with Crippen molar-refractivity contribution in [3.63, 3.8) is 0 Å². The maximum Gasteiger partial charge on any atom is 0.228 e. The lowest BCUT2D eigenvalue weighted by molar-refractivity contribution is -0.120. The standard InChI is InChI=1S/C13H20BrN3O/c1-13(2,3)6-9(7-15)12(18)17-10-4-5-11(14)16-8-10/h4-5,8-9H,6-7,15H2,1-3H3,(H,17,18). The van der Waals surface area contributed by atoms with Crippen molar-refractivity contribution in [1.29, 1.82) is 0 Å². The van der Waals surface area contributed by atoms with Gasteiger partial charge in [0.25, 0.3) is 0 Å². The molecule has 0 bridgehead atoms. The predicted molar refractivity (Wildman–Crippen MR) is 77.2 cm³/mol. The van der Waals surface area contributed by atoms with Crippen molar-refractivity contribution in [1.82, 2.24) is 4.98 Å². The number of carbonyl (C=O) groups excluding carboxylic acids is 1. The van der Waals surface area contributed by atoms with Crippen LogP contribution in [0.5, 0.6) is 0 Å². The first-order valence-corrected chi connectivity index (χ1v) is 6.73. The highest BCUT2D eigenvalue weighted by atomic mass is 79.9. The molecule has 1 unspecified atom stereocenters. The van der Waals surface area contributed by atoms with E-state index in [1.54, 1.807) is 18.3 Å². The van der Waals surface area contributed by atoms with Gasteiger partial charge in [0.1, 0.15) is 4.60 Å². The van der Waals surface area contributed by atoms with Crippen molar-refractivity contribution >= 4 is 27.5 Å². The number of halogens is 1. The third kappa shape index (κ3) is 5.14. The molecule has 1 amide bonds. The molecule has 0 spiro atoms. The third-order valence-electron chi connectivity index (χ3n) is 2.51. The fraction of sp³-hybridized carbons (Fsp3) is 0.538. The maximum atomic E-state index is 12.1.